The van der Waals surface area contributed by atoms with Gasteiger partial charge in [-0.15, -0.1) is 0 Å². The molecule has 1 saturated heterocycles. The second-order valence-corrected chi connectivity index (χ2v) is 9.34. The van der Waals surface area contributed by atoms with Crippen LogP contribution in [-0.4, -0.2) is 38.1 Å². The number of piperidine rings is 1. The SMILES string of the molecule is O=S(=O)(Cc1ccccc1)NC[C@@H]1CCCN(Cc2ccc(O)c(Cl)c2)C1. The molecular formula is C20H25ClN2O3S. The molecule has 2 aromatic carbocycles. The summed E-state index contributed by atoms with van der Waals surface area (Å²) in [5.41, 5.74) is 1.84. The van der Waals surface area contributed by atoms with Crippen molar-refractivity contribution in [3.8, 4) is 5.75 Å². The Kier molecular flexibility index (Phi) is 6.76. The zero-order valence-electron chi connectivity index (χ0n) is 15.1. The third kappa shape index (κ3) is 6.21. The van der Waals surface area contributed by atoms with Crippen LogP contribution in [0.2, 0.25) is 5.02 Å². The zero-order chi connectivity index (χ0) is 19.3. The number of phenolic OH excluding ortho intramolecular Hbond substituents is 1. The molecule has 0 radical (unpaired) electrons. The topological polar surface area (TPSA) is 69.6 Å². The Bertz CT molecular complexity index is 859. The Hall–Kier alpha value is -1.60. The summed E-state index contributed by atoms with van der Waals surface area (Å²) in [6.45, 7) is 3.02. The van der Waals surface area contributed by atoms with Crippen molar-refractivity contribution < 1.29 is 13.5 Å². The Morgan fingerprint density at radius 3 is 2.67 bits per heavy atom. The van der Waals surface area contributed by atoms with Crippen molar-refractivity contribution in [1.82, 2.24) is 9.62 Å². The molecule has 1 aliphatic rings. The van der Waals surface area contributed by atoms with E-state index in [-0.39, 0.29) is 17.4 Å². The molecule has 2 N–H and O–H groups in total. The quantitative estimate of drug-likeness (QED) is 0.736. The molecule has 0 amide bonds. The first-order chi connectivity index (χ1) is 12.9. The molecule has 7 heteroatoms. The number of phenols is 1. The average Bonchev–Trinajstić information content (AvgIpc) is 2.64. The van der Waals surface area contributed by atoms with Crippen LogP contribution in [0.4, 0.5) is 0 Å². The van der Waals surface area contributed by atoms with E-state index in [1.165, 1.54) is 0 Å². The van der Waals surface area contributed by atoms with E-state index in [9.17, 15) is 13.5 Å². The van der Waals surface area contributed by atoms with Gasteiger partial charge in [0.05, 0.1) is 10.8 Å². The average molecular weight is 409 g/mol. The Morgan fingerprint density at radius 1 is 1.15 bits per heavy atom. The third-order valence-electron chi connectivity index (χ3n) is 4.81. The van der Waals surface area contributed by atoms with Gasteiger partial charge in [0.2, 0.25) is 10.0 Å². The summed E-state index contributed by atoms with van der Waals surface area (Å²) in [6.07, 6.45) is 2.05. The maximum absolute atomic E-state index is 12.3. The van der Waals surface area contributed by atoms with Gasteiger partial charge in [-0.05, 0) is 48.6 Å². The molecule has 2 aromatic rings. The molecule has 0 saturated carbocycles. The molecule has 0 aromatic heterocycles. The minimum Gasteiger partial charge on any atom is -0.506 e. The summed E-state index contributed by atoms with van der Waals surface area (Å²) in [5.74, 6) is 0.387. The van der Waals surface area contributed by atoms with E-state index in [2.05, 4.69) is 9.62 Å². The van der Waals surface area contributed by atoms with Crippen molar-refractivity contribution in [2.45, 2.75) is 25.1 Å². The predicted molar refractivity (Wildman–Crippen MR) is 108 cm³/mol. The number of hydrogen-bond donors (Lipinski definition) is 2. The van der Waals surface area contributed by atoms with Gasteiger partial charge in [0.1, 0.15) is 5.75 Å². The Labute approximate surface area is 166 Å². The van der Waals surface area contributed by atoms with Crippen molar-refractivity contribution in [1.29, 1.82) is 0 Å². The number of aromatic hydroxyl groups is 1. The lowest BCUT2D eigenvalue weighted by molar-refractivity contribution is 0.169. The summed E-state index contributed by atoms with van der Waals surface area (Å²) in [7, 11) is -3.33. The van der Waals surface area contributed by atoms with Crippen LogP contribution in [0, 0.1) is 5.92 Å². The lowest BCUT2D eigenvalue weighted by Gasteiger charge is -2.32. The van der Waals surface area contributed by atoms with Crippen LogP contribution in [0.3, 0.4) is 0 Å². The summed E-state index contributed by atoms with van der Waals surface area (Å²) < 4.78 is 27.4. The molecule has 5 nitrogen and oxygen atoms in total. The number of nitrogens with zero attached hydrogens (tertiary/aromatic N) is 1. The standard InChI is InChI=1S/C20H25ClN2O3S/c21-19-11-17(8-9-20(19)24)13-23-10-4-7-18(14-23)12-22-27(25,26)15-16-5-2-1-3-6-16/h1-3,5-6,8-9,11,18,22,24H,4,7,10,12-15H2/t18-/m0/s1. The summed E-state index contributed by atoms with van der Waals surface area (Å²) in [5, 5.41) is 9.89. The minimum absolute atomic E-state index is 0.0102. The van der Waals surface area contributed by atoms with E-state index in [0.29, 0.717) is 11.6 Å². The van der Waals surface area contributed by atoms with Gasteiger partial charge in [0.25, 0.3) is 0 Å². The molecule has 1 aliphatic heterocycles. The van der Waals surface area contributed by atoms with Crippen molar-refractivity contribution in [3.05, 3.63) is 64.7 Å². The number of halogens is 1. The van der Waals surface area contributed by atoms with Crippen molar-refractivity contribution in [2.75, 3.05) is 19.6 Å². The predicted octanol–water partition coefficient (Wildman–Crippen LogP) is 3.38. The van der Waals surface area contributed by atoms with Crippen LogP contribution in [0.15, 0.2) is 48.5 Å². The molecular weight excluding hydrogens is 384 g/mol. The number of hydrogen-bond acceptors (Lipinski definition) is 4. The van der Waals surface area contributed by atoms with Gasteiger partial charge >= 0.3 is 0 Å². The van der Waals surface area contributed by atoms with E-state index in [1.54, 1.807) is 12.1 Å². The summed E-state index contributed by atoms with van der Waals surface area (Å²) in [4.78, 5) is 2.31. The van der Waals surface area contributed by atoms with Gasteiger partial charge in [0.15, 0.2) is 0 Å². The first-order valence-electron chi connectivity index (χ1n) is 9.12. The normalized spacial score (nSPS) is 18.5. The van der Waals surface area contributed by atoms with E-state index in [1.807, 2.05) is 36.4 Å². The lowest BCUT2D eigenvalue weighted by Crippen LogP contribution is -2.40. The molecule has 1 heterocycles. The number of benzene rings is 2. The largest absolute Gasteiger partial charge is 0.506 e. The van der Waals surface area contributed by atoms with E-state index >= 15 is 0 Å². The van der Waals surface area contributed by atoms with Crippen LogP contribution in [0.1, 0.15) is 24.0 Å². The summed E-state index contributed by atoms with van der Waals surface area (Å²) in [6, 6.07) is 14.5. The molecule has 3 rings (SSSR count). The second-order valence-electron chi connectivity index (χ2n) is 7.12. The molecule has 27 heavy (non-hydrogen) atoms. The van der Waals surface area contributed by atoms with Gasteiger partial charge < -0.3 is 5.11 Å². The highest BCUT2D eigenvalue weighted by Gasteiger charge is 2.22. The van der Waals surface area contributed by atoms with Crippen LogP contribution >= 0.6 is 11.6 Å². The van der Waals surface area contributed by atoms with Crippen molar-refractivity contribution in [2.24, 2.45) is 5.92 Å². The van der Waals surface area contributed by atoms with Gasteiger partial charge in [0, 0.05) is 19.6 Å². The van der Waals surface area contributed by atoms with Crippen molar-refractivity contribution >= 4 is 21.6 Å². The van der Waals surface area contributed by atoms with Crippen LogP contribution < -0.4 is 4.72 Å². The fourth-order valence-corrected chi connectivity index (χ4v) is 4.88. The fourth-order valence-electron chi connectivity index (χ4n) is 3.46. The summed E-state index contributed by atoms with van der Waals surface area (Å²) >= 11 is 5.98. The smallest absolute Gasteiger partial charge is 0.215 e. The molecule has 0 aliphatic carbocycles. The number of nitrogens with one attached hydrogen (secondary N) is 1. The van der Waals surface area contributed by atoms with Gasteiger partial charge in [-0.2, -0.15) is 0 Å². The van der Waals surface area contributed by atoms with E-state index < -0.39 is 10.0 Å². The third-order valence-corrected chi connectivity index (χ3v) is 6.44. The monoisotopic (exact) mass is 408 g/mol. The van der Waals surface area contributed by atoms with Crippen molar-refractivity contribution in [3.63, 3.8) is 0 Å². The number of likely N-dealkylation sites (tertiary alicyclic amines) is 1. The fraction of sp³-hybridized carbons (Fsp3) is 0.400. The van der Waals surface area contributed by atoms with Gasteiger partial charge in [-0.25, -0.2) is 13.1 Å². The molecule has 1 atom stereocenters. The first-order valence-corrected chi connectivity index (χ1v) is 11.2. The van der Waals surface area contributed by atoms with E-state index in [4.69, 9.17) is 11.6 Å². The number of rotatable bonds is 7. The Morgan fingerprint density at radius 2 is 1.93 bits per heavy atom. The van der Waals surface area contributed by atoms with Crippen LogP contribution in [-0.2, 0) is 22.3 Å². The molecule has 146 valence electrons. The molecule has 1 fully saturated rings. The van der Waals surface area contributed by atoms with Crippen LogP contribution in [0.25, 0.3) is 0 Å². The maximum atomic E-state index is 12.3. The highest BCUT2D eigenvalue weighted by molar-refractivity contribution is 7.88. The second kappa shape index (κ2) is 9.06. The van der Waals surface area contributed by atoms with Gasteiger partial charge in [-0.1, -0.05) is 48.0 Å². The maximum Gasteiger partial charge on any atom is 0.215 e. The zero-order valence-corrected chi connectivity index (χ0v) is 16.7. The molecule has 0 spiro atoms. The Balaban J connectivity index is 1.51. The van der Waals surface area contributed by atoms with Gasteiger partial charge in [-0.3, -0.25) is 4.90 Å². The molecule has 0 bridgehead atoms. The molecule has 0 unspecified atom stereocenters. The van der Waals surface area contributed by atoms with Crippen LogP contribution in [0.5, 0.6) is 5.75 Å². The highest BCUT2D eigenvalue weighted by atomic mass is 35.5. The highest BCUT2D eigenvalue weighted by Crippen LogP contribution is 2.25. The number of sulfonamides is 1. The minimum atomic E-state index is -3.33. The first kappa shape index (κ1) is 20.1. The van der Waals surface area contributed by atoms with E-state index in [0.717, 1.165) is 43.6 Å². The lowest BCUT2D eigenvalue weighted by atomic mass is 9.98.